The van der Waals surface area contributed by atoms with Crippen LogP contribution in [-0.2, 0) is 4.79 Å². The molecule has 2 rings (SSSR count). The number of nitrogens with one attached hydrogen (secondary N) is 1. The maximum atomic E-state index is 12.5. The second kappa shape index (κ2) is 10.4. The van der Waals surface area contributed by atoms with E-state index in [1.807, 2.05) is 43.3 Å². The van der Waals surface area contributed by atoms with Crippen molar-refractivity contribution in [3.63, 3.8) is 0 Å². The van der Waals surface area contributed by atoms with Gasteiger partial charge in [0.25, 0.3) is 0 Å². The molecule has 0 aromatic heterocycles. The Morgan fingerprint density at radius 3 is 2.39 bits per heavy atom. The molecule has 7 heteroatoms. The van der Waals surface area contributed by atoms with Gasteiger partial charge >= 0.3 is 6.61 Å². The Hall–Kier alpha value is -2.93. The summed E-state index contributed by atoms with van der Waals surface area (Å²) in [5, 5.41) is 2.83. The Morgan fingerprint density at radius 2 is 1.75 bits per heavy atom. The summed E-state index contributed by atoms with van der Waals surface area (Å²) in [6.07, 6.45) is 2.74. The zero-order chi connectivity index (χ0) is 20.5. The first-order valence-electron chi connectivity index (χ1n) is 8.71. The number of halogens is 2. The highest BCUT2D eigenvalue weighted by molar-refractivity contribution is 5.92. The fraction of sp³-hybridized carbons (Fsp3) is 0.286. The summed E-state index contributed by atoms with van der Waals surface area (Å²) < 4.78 is 34.8. The number of ether oxygens (including phenoxy) is 2. The van der Waals surface area contributed by atoms with Crippen LogP contribution in [0.5, 0.6) is 11.5 Å². The normalized spacial score (nSPS) is 12.4. The zero-order valence-electron chi connectivity index (χ0n) is 16.1. The summed E-state index contributed by atoms with van der Waals surface area (Å²) in [5.41, 5.74) is 1.35. The molecule has 0 heterocycles. The minimum absolute atomic E-state index is 0.0155. The van der Waals surface area contributed by atoms with Crippen LogP contribution in [0.15, 0.2) is 54.6 Å². The van der Waals surface area contributed by atoms with Crippen LogP contribution in [0.3, 0.4) is 0 Å². The van der Waals surface area contributed by atoms with E-state index in [9.17, 15) is 13.6 Å². The highest BCUT2D eigenvalue weighted by Crippen LogP contribution is 2.27. The predicted octanol–water partition coefficient (Wildman–Crippen LogP) is 3.73. The highest BCUT2D eigenvalue weighted by Gasteiger charge is 2.18. The van der Waals surface area contributed by atoms with Crippen molar-refractivity contribution in [3.05, 3.63) is 65.7 Å². The van der Waals surface area contributed by atoms with Crippen LogP contribution < -0.4 is 14.8 Å². The van der Waals surface area contributed by atoms with Gasteiger partial charge in [0.05, 0.1) is 13.2 Å². The van der Waals surface area contributed by atoms with Crippen LogP contribution in [0.1, 0.15) is 17.2 Å². The third-order valence-corrected chi connectivity index (χ3v) is 4.14. The first-order chi connectivity index (χ1) is 13.4. The molecule has 1 unspecified atom stereocenters. The average molecular weight is 390 g/mol. The Bertz CT molecular complexity index is 810. The lowest BCUT2D eigenvalue weighted by Gasteiger charge is -2.26. The summed E-state index contributed by atoms with van der Waals surface area (Å²) in [4.78, 5) is 14.2. The molecular weight excluding hydrogens is 366 g/mol. The summed E-state index contributed by atoms with van der Waals surface area (Å²) >= 11 is 0. The number of likely N-dealkylation sites (N-methyl/N-ethyl adjacent to an activating group) is 1. The van der Waals surface area contributed by atoms with Crippen molar-refractivity contribution in [2.75, 3.05) is 27.7 Å². The van der Waals surface area contributed by atoms with Crippen molar-refractivity contribution in [2.45, 2.75) is 12.7 Å². The molecule has 150 valence electrons. The van der Waals surface area contributed by atoms with Gasteiger partial charge in [0.15, 0.2) is 0 Å². The van der Waals surface area contributed by atoms with Gasteiger partial charge < -0.3 is 19.7 Å². The smallest absolute Gasteiger partial charge is 0.387 e. The third-order valence-electron chi connectivity index (χ3n) is 4.14. The minimum atomic E-state index is -2.93. The lowest BCUT2D eigenvalue weighted by atomic mass is 10.0. The third kappa shape index (κ3) is 6.06. The maximum Gasteiger partial charge on any atom is 0.387 e. The molecule has 0 spiro atoms. The molecule has 2 aromatic rings. The van der Waals surface area contributed by atoms with E-state index in [0.717, 1.165) is 11.3 Å². The second-order valence-electron chi connectivity index (χ2n) is 6.22. The zero-order valence-corrected chi connectivity index (χ0v) is 16.1. The molecule has 0 radical (unpaired) electrons. The molecule has 2 aromatic carbocycles. The van der Waals surface area contributed by atoms with Gasteiger partial charge in [-0.1, -0.05) is 36.4 Å². The number of carbonyl (C=O) groups excluding carboxylic acids is 1. The molecule has 28 heavy (non-hydrogen) atoms. The first kappa shape index (κ1) is 21.4. The van der Waals surface area contributed by atoms with Crippen LogP contribution >= 0.6 is 0 Å². The molecule has 1 N–H and O–H groups in total. The lowest BCUT2D eigenvalue weighted by molar-refractivity contribution is -0.116. The Labute approximate surface area is 163 Å². The van der Waals surface area contributed by atoms with Gasteiger partial charge in [0, 0.05) is 23.7 Å². The van der Waals surface area contributed by atoms with Gasteiger partial charge in [0.1, 0.15) is 11.5 Å². The van der Waals surface area contributed by atoms with E-state index < -0.39 is 6.61 Å². The summed E-state index contributed by atoms with van der Waals surface area (Å²) in [6.45, 7) is -2.57. The molecule has 0 aliphatic carbocycles. The number of nitrogens with zero attached hydrogens (tertiary/aromatic N) is 1. The molecular formula is C21H24F2N2O3. The molecule has 0 aliphatic heterocycles. The van der Waals surface area contributed by atoms with E-state index in [0.29, 0.717) is 12.1 Å². The number of rotatable bonds is 9. The fourth-order valence-electron chi connectivity index (χ4n) is 2.76. The number of benzene rings is 2. The van der Waals surface area contributed by atoms with E-state index in [1.165, 1.54) is 18.2 Å². The van der Waals surface area contributed by atoms with Gasteiger partial charge in [-0.25, -0.2) is 0 Å². The predicted molar refractivity (Wildman–Crippen MR) is 105 cm³/mol. The van der Waals surface area contributed by atoms with E-state index in [2.05, 4.69) is 10.1 Å². The van der Waals surface area contributed by atoms with Crippen molar-refractivity contribution in [1.82, 2.24) is 10.2 Å². The van der Waals surface area contributed by atoms with Crippen LogP contribution in [0.25, 0.3) is 6.08 Å². The molecule has 0 fully saturated rings. The van der Waals surface area contributed by atoms with Crippen molar-refractivity contribution >= 4 is 12.0 Å². The Morgan fingerprint density at radius 1 is 1.11 bits per heavy atom. The van der Waals surface area contributed by atoms with Gasteiger partial charge in [-0.2, -0.15) is 8.78 Å². The number of para-hydroxylation sites is 2. The molecule has 1 atom stereocenters. The van der Waals surface area contributed by atoms with Crippen molar-refractivity contribution in [3.8, 4) is 11.5 Å². The minimum Gasteiger partial charge on any atom is -0.496 e. The summed E-state index contributed by atoms with van der Waals surface area (Å²) in [7, 11) is 5.43. The second-order valence-corrected chi connectivity index (χ2v) is 6.22. The monoisotopic (exact) mass is 390 g/mol. The largest absolute Gasteiger partial charge is 0.496 e. The topological polar surface area (TPSA) is 50.8 Å². The number of hydrogen-bond acceptors (Lipinski definition) is 4. The SMILES string of the molecule is COc1ccccc1C(CNC(=O)/C=C/c1ccccc1OC(F)F)N(C)C. The van der Waals surface area contributed by atoms with E-state index in [4.69, 9.17) is 4.74 Å². The number of amides is 1. The Kier molecular flexibility index (Phi) is 7.95. The van der Waals surface area contributed by atoms with Crippen molar-refractivity contribution in [1.29, 1.82) is 0 Å². The van der Waals surface area contributed by atoms with Crippen LogP contribution in [0, 0.1) is 0 Å². The maximum absolute atomic E-state index is 12.5. The van der Waals surface area contributed by atoms with Gasteiger partial charge in [-0.05, 0) is 32.3 Å². The quantitative estimate of drug-likeness (QED) is 0.663. The van der Waals surface area contributed by atoms with Gasteiger partial charge in [-0.15, -0.1) is 0 Å². The summed E-state index contributed by atoms with van der Waals surface area (Å²) in [6, 6.07) is 13.8. The molecule has 0 bridgehead atoms. The molecule has 5 nitrogen and oxygen atoms in total. The number of alkyl halides is 2. The van der Waals surface area contributed by atoms with E-state index in [1.54, 1.807) is 25.3 Å². The number of hydrogen-bond donors (Lipinski definition) is 1. The molecule has 0 saturated carbocycles. The van der Waals surface area contributed by atoms with Crippen LogP contribution in [0.4, 0.5) is 8.78 Å². The van der Waals surface area contributed by atoms with Gasteiger partial charge in [0.2, 0.25) is 5.91 Å². The molecule has 0 saturated heterocycles. The summed E-state index contributed by atoms with van der Waals surface area (Å²) in [5.74, 6) is 0.416. The highest BCUT2D eigenvalue weighted by atomic mass is 19.3. The van der Waals surface area contributed by atoms with E-state index in [-0.39, 0.29) is 17.7 Å². The van der Waals surface area contributed by atoms with Crippen LogP contribution in [0.2, 0.25) is 0 Å². The van der Waals surface area contributed by atoms with E-state index >= 15 is 0 Å². The number of carbonyl (C=O) groups is 1. The lowest BCUT2D eigenvalue weighted by Crippen LogP contribution is -2.33. The van der Waals surface area contributed by atoms with Crippen LogP contribution in [-0.4, -0.2) is 45.2 Å². The number of methoxy groups -OCH3 is 1. The average Bonchev–Trinajstić information content (AvgIpc) is 2.67. The molecule has 1 amide bonds. The van der Waals surface area contributed by atoms with Crippen molar-refractivity contribution in [2.24, 2.45) is 0 Å². The fourth-order valence-corrected chi connectivity index (χ4v) is 2.76. The molecule has 0 aliphatic rings. The standard InChI is InChI=1S/C21H24F2N2O3/c1-25(2)17(16-9-5-7-11-19(16)27-3)14-24-20(26)13-12-15-8-4-6-10-18(15)28-21(22)23/h4-13,17,21H,14H2,1-3H3,(H,24,26)/b13-12+. The Balaban J connectivity index is 2.05. The first-order valence-corrected chi connectivity index (χ1v) is 8.71. The van der Waals surface area contributed by atoms with Crippen molar-refractivity contribution < 1.29 is 23.0 Å². The van der Waals surface area contributed by atoms with Gasteiger partial charge in [-0.3, -0.25) is 4.79 Å².